The van der Waals surface area contributed by atoms with E-state index < -0.39 is 0 Å². The van der Waals surface area contributed by atoms with Crippen molar-refractivity contribution in [2.45, 2.75) is 52.6 Å². The second-order valence-corrected chi connectivity index (χ2v) is 5.60. The van der Waals surface area contributed by atoms with Crippen molar-refractivity contribution in [1.29, 1.82) is 0 Å². The number of aryl methyl sites for hydroxylation is 1. The molecule has 0 heterocycles. The highest BCUT2D eigenvalue weighted by molar-refractivity contribution is 5.44. The number of hydrogen-bond acceptors (Lipinski definition) is 2. The van der Waals surface area contributed by atoms with Gasteiger partial charge in [-0.15, -0.1) is 0 Å². The van der Waals surface area contributed by atoms with Crippen molar-refractivity contribution < 1.29 is 10.2 Å². The molecule has 0 bridgehead atoms. The first kappa shape index (κ1) is 13.0. The fourth-order valence-corrected chi connectivity index (χ4v) is 1.88. The number of phenols is 1. The number of benzene rings is 1. The molecule has 1 atom stereocenters. The molecular weight excluding hydrogens is 200 g/mol. The van der Waals surface area contributed by atoms with Crippen LogP contribution in [0.15, 0.2) is 12.1 Å². The average Bonchev–Trinajstić information content (AvgIpc) is 2.07. The topological polar surface area (TPSA) is 40.5 Å². The summed E-state index contributed by atoms with van der Waals surface area (Å²) in [5, 5.41) is 19.4. The van der Waals surface area contributed by atoms with Crippen molar-refractivity contribution in [2.75, 3.05) is 0 Å². The fourth-order valence-electron chi connectivity index (χ4n) is 1.88. The minimum Gasteiger partial charge on any atom is -0.508 e. The number of aliphatic hydroxyl groups excluding tert-OH is 1. The quantitative estimate of drug-likeness (QED) is 0.807. The van der Waals surface area contributed by atoms with Gasteiger partial charge in [0.05, 0.1) is 6.10 Å². The first-order chi connectivity index (χ1) is 7.21. The van der Waals surface area contributed by atoms with Crippen molar-refractivity contribution in [1.82, 2.24) is 0 Å². The first-order valence-electron chi connectivity index (χ1n) is 5.73. The summed E-state index contributed by atoms with van der Waals surface area (Å²) in [6, 6.07) is 3.80. The molecular formula is C14H22O2. The van der Waals surface area contributed by atoms with Gasteiger partial charge in [-0.1, -0.05) is 26.8 Å². The van der Waals surface area contributed by atoms with Crippen LogP contribution in [0, 0.1) is 6.92 Å². The van der Waals surface area contributed by atoms with E-state index in [1.165, 1.54) is 0 Å². The maximum Gasteiger partial charge on any atom is 0.119 e. The van der Waals surface area contributed by atoms with Crippen LogP contribution in [-0.4, -0.2) is 16.3 Å². The van der Waals surface area contributed by atoms with E-state index in [0.29, 0.717) is 12.2 Å². The molecule has 0 aliphatic heterocycles. The summed E-state index contributed by atoms with van der Waals surface area (Å²) in [6.45, 7) is 10.0. The van der Waals surface area contributed by atoms with Crippen LogP contribution in [0.3, 0.4) is 0 Å². The fraction of sp³-hybridized carbons (Fsp3) is 0.571. The largest absolute Gasteiger partial charge is 0.508 e. The van der Waals surface area contributed by atoms with Crippen LogP contribution in [0.5, 0.6) is 5.75 Å². The molecule has 0 fully saturated rings. The van der Waals surface area contributed by atoms with Crippen LogP contribution < -0.4 is 0 Å². The molecule has 1 aromatic carbocycles. The van der Waals surface area contributed by atoms with Gasteiger partial charge in [0.2, 0.25) is 0 Å². The zero-order chi connectivity index (χ0) is 12.5. The monoisotopic (exact) mass is 222 g/mol. The van der Waals surface area contributed by atoms with Crippen LogP contribution in [0.4, 0.5) is 0 Å². The molecule has 2 N–H and O–H groups in total. The number of phenolic OH excluding ortho intramolecular Hbond substituents is 1. The molecule has 0 aliphatic carbocycles. The van der Waals surface area contributed by atoms with Crippen molar-refractivity contribution in [3.63, 3.8) is 0 Å². The Labute approximate surface area is 97.9 Å². The van der Waals surface area contributed by atoms with Crippen LogP contribution in [0.1, 0.15) is 44.4 Å². The highest BCUT2D eigenvalue weighted by atomic mass is 16.3. The van der Waals surface area contributed by atoms with Crippen molar-refractivity contribution in [3.05, 3.63) is 28.8 Å². The third-order valence-electron chi connectivity index (χ3n) is 2.78. The predicted octanol–water partition coefficient (Wildman–Crippen LogP) is 2.92. The van der Waals surface area contributed by atoms with Gasteiger partial charge in [0.15, 0.2) is 0 Å². The predicted molar refractivity (Wildman–Crippen MR) is 66.9 cm³/mol. The Balaban J connectivity index is 3.17. The van der Waals surface area contributed by atoms with E-state index in [4.69, 9.17) is 0 Å². The molecule has 2 heteroatoms. The van der Waals surface area contributed by atoms with Crippen LogP contribution in [-0.2, 0) is 11.8 Å². The molecule has 1 rings (SSSR count). The summed E-state index contributed by atoms with van der Waals surface area (Å²) < 4.78 is 0. The zero-order valence-corrected chi connectivity index (χ0v) is 10.8. The lowest BCUT2D eigenvalue weighted by Crippen LogP contribution is -2.13. The van der Waals surface area contributed by atoms with Gasteiger partial charge < -0.3 is 10.2 Å². The minimum absolute atomic E-state index is 0.0573. The Bertz CT molecular complexity index is 373. The van der Waals surface area contributed by atoms with Crippen molar-refractivity contribution in [3.8, 4) is 5.75 Å². The summed E-state index contributed by atoms with van der Waals surface area (Å²) in [5.74, 6) is 0.328. The molecule has 0 aliphatic rings. The van der Waals surface area contributed by atoms with E-state index in [-0.39, 0.29) is 11.5 Å². The van der Waals surface area contributed by atoms with E-state index in [9.17, 15) is 10.2 Å². The van der Waals surface area contributed by atoms with Gasteiger partial charge in [-0.05, 0) is 48.4 Å². The summed E-state index contributed by atoms with van der Waals surface area (Å²) in [6.07, 6.45) is 0.211. The van der Waals surface area contributed by atoms with Crippen LogP contribution >= 0.6 is 0 Å². The Morgan fingerprint density at radius 1 is 1.25 bits per heavy atom. The Morgan fingerprint density at radius 2 is 1.81 bits per heavy atom. The SMILES string of the molecule is Cc1cc(C(C)(C)C)c(O)cc1CC(C)O. The first-order valence-corrected chi connectivity index (χ1v) is 5.73. The Hall–Kier alpha value is -1.02. The third kappa shape index (κ3) is 2.99. The summed E-state index contributed by atoms with van der Waals surface area (Å²) >= 11 is 0. The molecule has 1 unspecified atom stereocenters. The van der Waals surface area contributed by atoms with E-state index in [1.54, 1.807) is 13.0 Å². The smallest absolute Gasteiger partial charge is 0.119 e. The lowest BCUT2D eigenvalue weighted by molar-refractivity contribution is 0.195. The van der Waals surface area contributed by atoms with Gasteiger partial charge in [-0.2, -0.15) is 0 Å². The molecule has 0 radical (unpaired) electrons. The second kappa shape index (κ2) is 4.46. The molecule has 0 amide bonds. The molecule has 0 spiro atoms. The number of aliphatic hydroxyl groups is 1. The third-order valence-corrected chi connectivity index (χ3v) is 2.78. The van der Waals surface area contributed by atoms with E-state index in [0.717, 1.165) is 16.7 Å². The maximum absolute atomic E-state index is 9.98. The van der Waals surface area contributed by atoms with Crippen LogP contribution in [0.2, 0.25) is 0 Å². The lowest BCUT2D eigenvalue weighted by Gasteiger charge is -2.22. The molecule has 0 aromatic heterocycles. The summed E-state index contributed by atoms with van der Waals surface area (Å²) in [4.78, 5) is 0. The lowest BCUT2D eigenvalue weighted by atomic mass is 9.84. The number of aromatic hydroxyl groups is 1. The number of rotatable bonds is 2. The highest BCUT2D eigenvalue weighted by Crippen LogP contribution is 2.33. The van der Waals surface area contributed by atoms with Gasteiger partial charge in [0.1, 0.15) is 5.75 Å². The van der Waals surface area contributed by atoms with Gasteiger partial charge >= 0.3 is 0 Å². The molecule has 0 saturated carbocycles. The molecule has 2 nitrogen and oxygen atoms in total. The zero-order valence-electron chi connectivity index (χ0n) is 10.8. The van der Waals surface area contributed by atoms with Gasteiger partial charge in [-0.3, -0.25) is 0 Å². The number of hydrogen-bond donors (Lipinski definition) is 2. The molecule has 90 valence electrons. The van der Waals surface area contributed by atoms with Crippen LogP contribution in [0.25, 0.3) is 0 Å². The Morgan fingerprint density at radius 3 is 2.25 bits per heavy atom. The second-order valence-electron chi connectivity index (χ2n) is 5.60. The van der Waals surface area contributed by atoms with Gasteiger partial charge in [0, 0.05) is 0 Å². The van der Waals surface area contributed by atoms with Gasteiger partial charge in [-0.25, -0.2) is 0 Å². The summed E-state index contributed by atoms with van der Waals surface area (Å²) in [7, 11) is 0. The molecule has 0 saturated heterocycles. The van der Waals surface area contributed by atoms with Gasteiger partial charge in [0.25, 0.3) is 0 Å². The van der Waals surface area contributed by atoms with Crippen molar-refractivity contribution >= 4 is 0 Å². The molecule has 1 aromatic rings. The normalized spacial score (nSPS) is 13.9. The summed E-state index contributed by atoms with van der Waals surface area (Å²) in [5.41, 5.74) is 3.04. The Kier molecular flexibility index (Phi) is 3.64. The minimum atomic E-state index is -0.376. The van der Waals surface area contributed by atoms with E-state index >= 15 is 0 Å². The highest BCUT2D eigenvalue weighted by Gasteiger charge is 2.19. The standard InChI is InChI=1S/C14H22O2/c1-9-6-12(14(3,4)5)13(16)8-11(9)7-10(2)15/h6,8,10,15-16H,7H2,1-5H3. The van der Waals surface area contributed by atoms with E-state index in [1.807, 2.05) is 13.0 Å². The average molecular weight is 222 g/mol. The van der Waals surface area contributed by atoms with E-state index in [2.05, 4.69) is 20.8 Å². The van der Waals surface area contributed by atoms with Crippen molar-refractivity contribution in [2.24, 2.45) is 0 Å². The molecule has 16 heavy (non-hydrogen) atoms. The maximum atomic E-state index is 9.98.